The number of nitro groups is 1. The summed E-state index contributed by atoms with van der Waals surface area (Å²) in [4.78, 5) is 21.4. The number of hydrogen-bond donors (Lipinski definition) is 1. The summed E-state index contributed by atoms with van der Waals surface area (Å²) < 4.78 is 5.27. The van der Waals surface area contributed by atoms with E-state index in [1.54, 1.807) is 17.4 Å². The monoisotopic (exact) mass is 330 g/mol. The average molecular weight is 330 g/mol. The molecule has 0 unspecified atom stereocenters. The van der Waals surface area contributed by atoms with Crippen LogP contribution in [-0.4, -0.2) is 22.0 Å². The van der Waals surface area contributed by atoms with E-state index in [0.29, 0.717) is 23.1 Å². The molecule has 0 aliphatic rings. The molecule has 118 valence electrons. The SMILES string of the molecule is COc1ccc([N+](=O)[O-])cc1Nc1nc(C)nc2sc(C)cc12. The van der Waals surface area contributed by atoms with E-state index in [-0.39, 0.29) is 5.69 Å². The number of benzene rings is 1. The number of hydrogen-bond acceptors (Lipinski definition) is 7. The van der Waals surface area contributed by atoms with Gasteiger partial charge in [0.25, 0.3) is 5.69 Å². The third-order valence-corrected chi connectivity index (χ3v) is 4.22. The number of nitro benzene ring substituents is 1. The number of methoxy groups -OCH3 is 1. The van der Waals surface area contributed by atoms with Gasteiger partial charge in [0, 0.05) is 17.0 Å². The molecule has 0 aliphatic heterocycles. The molecular formula is C15H14N4O3S. The van der Waals surface area contributed by atoms with E-state index in [9.17, 15) is 10.1 Å². The Kier molecular flexibility index (Phi) is 3.83. The Morgan fingerprint density at radius 3 is 2.74 bits per heavy atom. The molecule has 0 amide bonds. The average Bonchev–Trinajstić information content (AvgIpc) is 2.87. The summed E-state index contributed by atoms with van der Waals surface area (Å²) in [5.41, 5.74) is 0.474. The van der Waals surface area contributed by atoms with Crippen molar-refractivity contribution in [1.29, 1.82) is 0 Å². The lowest BCUT2D eigenvalue weighted by Gasteiger charge is -2.11. The molecule has 3 rings (SSSR count). The van der Waals surface area contributed by atoms with Crippen molar-refractivity contribution >= 4 is 38.7 Å². The second-order valence-corrected chi connectivity index (χ2v) is 6.20. The van der Waals surface area contributed by atoms with E-state index in [1.807, 2.05) is 19.9 Å². The van der Waals surface area contributed by atoms with Gasteiger partial charge >= 0.3 is 0 Å². The molecule has 2 aromatic heterocycles. The van der Waals surface area contributed by atoms with E-state index in [0.717, 1.165) is 15.1 Å². The first-order valence-corrected chi connectivity index (χ1v) is 7.64. The Labute approximate surface area is 136 Å². The van der Waals surface area contributed by atoms with Crippen LogP contribution in [0.25, 0.3) is 10.2 Å². The minimum atomic E-state index is -0.444. The molecule has 23 heavy (non-hydrogen) atoms. The van der Waals surface area contributed by atoms with E-state index >= 15 is 0 Å². The molecule has 1 N–H and O–H groups in total. The first kappa shape index (κ1) is 15.2. The molecule has 2 heterocycles. The maximum Gasteiger partial charge on any atom is 0.271 e. The van der Waals surface area contributed by atoms with Gasteiger partial charge in [-0.05, 0) is 26.0 Å². The first-order chi connectivity index (χ1) is 11.0. The molecule has 0 radical (unpaired) electrons. The van der Waals surface area contributed by atoms with Gasteiger partial charge in [-0.1, -0.05) is 0 Å². The van der Waals surface area contributed by atoms with E-state index < -0.39 is 4.92 Å². The van der Waals surface area contributed by atoms with Crippen LogP contribution >= 0.6 is 11.3 Å². The number of aromatic nitrogens is 2. The Hall–Kier alpha value is -2.74. The summed E-state index contributed by atoms with van der Waals surface area (Å²) in [5, 5.41) is 15.0. The third-order valence-electron chi connectivity index (χ3n) is 3.27. The largest absolute Gasteiger partial charge is 0.495 e. The number of fused-ring (bicyclic) bond motifs is 1. The molecule has 0 saturated carbocycles. The van der Waals surface area contributed by atoms with E-state index in [1.165, 1.54) is 19.2 Å². The smallest absolute Gasteiger partial charge is 0.271 e. The molecule has 3 aromatic rings. The number of nitrogens with zero attached hydrogens (tertiary/aromatic N) is 3. The number of aryl methyl sites for hydroxylation is 2. The van der Waals surface area contributed by atoms with Crippen molar-refractivity contribution in [2.24, 2.45) is 0 Å². The number of rotatable bonds is 4. The lowest BCUT2D eigenvalue weighted by atomic mass is 10.2. The second kappa shape index (κ2) is 5.81. The minimum absolute atomic E-state index is 0.0168. The van der Waals surface area contributed by atoms with Crippen molar-refractivity contribution in [3.05, 3.63) is 45.1 Å². The molecule has 0 fully saturated rings. The van der Waals surface area contributed by atoms with Crippen molar-refractivity contribution in [2.45, 2.75) is 13.8 Å². The molecule has 1 aromatic carbocycles. The number of nitrogens with one attached hydrogen (secondary N) is 1. The molecule has 0 saturated heterocycles. The Morgan fingerprint density at radius 1 is 1.26 bits per heavy atom. The highest BCUT2D eigenvalue weighted by atomic mass is 32.1. The van der Waals surface area contributed by atoms with Crippen LogP contribution in [0.4, 0.5) is 17.2 Å². The minimum Gasteiger partial charge on any atom is -0.495 e. The topological polar surface area (TPSA) is 90.2 Å². The van der Waals surface area contributed by atoms with Crippen molar-refractivity contribution in [1.82, 2.24) is 9.97 Å². The van der Waals surface area contributed by atoms with E-state index in [4.69, 9.17) is 4.74 Å². The van der Waals surface area contributed by atoms with Crippen LogP contribution in [-0.2, 0) is 0 Å². The van der Waals surface area contributed by atoms with Gasteiger partial charge < -0.3 is 10.1 Å². The van der Waals surface area contributed by atoms with Crippen LogP contribution in [0.5, 0.6) is 5.75 Å². The third kappa shape index (κ3) is 2.93. The molecule has 0 bridgehead atoms. The van der Waals surface area contributed by atoms with Crippen LogP contribution < -0.4 is 10.1 Å². The predicted octanol–water partition coefficient (Wildman–Crippen LogP) is 3.97. The van der Waals surface area contributed by atoms with Gasteiger partial charge in [0.05, 0.1) is 23.1 Å². The summed E-state index contributed by atoms with van der Waals surface area (Å²) in [7, 11) is 1.52. The molecule has 7 nitrogen and oxygen atoms in total. The van der Waals surface area contributed by atoms with Crippen LogP contribution in [0.2, 0.25) is 0 Å². The zero-order valence-corrected chi connectivity index (χ0v) is 13.6. The molecule has 0 atom stereocenters. The van der Waals surface area contributed by atoms with Gasteiger partial charge in [-0.15, -0.1) is 11.3 Å². The fourth-order valence-corrected chi connectivity index (χ4v) is 3.20. The predicted molar refractivity (Wildman–Crippen MR) is 89.8 cm³/mol. The summed E-state index contributed by atoms with van der Waals surface area (Å²) in [6.07, 6.45) is 0. The van der Waals surface area contributed by atoms with Gasteiger partial charge in [-0.3, -0.25) is 10.1 Å². The lowest BCUT2D eigenvalue weighted by Crippen LogP contribution is -2.00. The van der Waals surface area contributed by atoms with Crippen molar-refractivity contribution in [2.75, 3.05) is 12.4 Å². The lowest BCUT2D eigenvalue weighted by molar-refractivity contribution is -0.384. The Balaban J connectivity index is 2.11. The highest BCUT2D eigenvalue weighted by molar-refractivity contribution is 7.18. The summed E-state index contributed by atoms with van der Waals surface area (Å²) in [5.74, 6) is 1.74. The zero-order valence-electron chi connectivity index (χ0n) is 12.8. The van der Waals surface area contributed by atoms with Crippen molar-refractivity contribution in [3.8, 4) is 5.75 Å². The summed E-state index contributed by atoms with van der Waals surface area (Å²) in [6.45, 7) is 3.81. The quantitative estimate of drug-likeness (QED) is 0.575. The fourth-order valence-electron chi connectivity index (χ4n) is 2.28. The van der Waals surface area contributed by atoms with Crippen LogP contribution in [0.15, 0.2) is 24.3 Å². The standard InChI is InChI=1S/C15H14N4O3S/c1-8-6-11-14(16-9(2)17-15(11)23-8)18-12-7-10(19(20)21)4-5-13(12)22-3/h4-7H,1-3H3,(H,16,17,18). The highest BCUT2D eigenvalue weighted by Gasteiger charge is 2.15. The Bertz CT molecular complexity index is 907. The van der Waals surface area contributed by atoms with Gasteiger partial charge in [0.15, 0.2) is 0 Å². The van der Waals surface area contributed by atoms with Crippen LogP contribution in [0.1, 0.15) is 10.7 Å². The molecule has 8 heteroatoms. The van der Waals surface area contributed by atoms with Gasteiger partial charge in [-0.25, -0.2) is 9.97 Å². The summed E-state index contributed by atoms with van der Waals surface area (Å²) in [6, 6.07) is 6.39. The number of anilines is 2. The Morgan fingerprint density at radius 2 is 2.04 bits per heavy atom. The van der Waals surface area contributed by atoms with Crippen molar-refractivity contribution in [3.63, 3.8) is 0 Å². The van der Waals surface area contributed by atoms with E-state index in [2.05, 4.69) is 15.3 Å². The highest BCUT2D eigenvalue weighted by Crippen LogP contribution is 2.35. The molecule has 0 spiro atoms. The normalized spacial score (nSPS) is 10.7. The number of non-ortho nitro benzene ring substituents is 1. The molecular weight excluding hydrogens is 316 g/mol. The first-order valence-electron chi connectivity index (χ1n) is 6.82. The van der Waals surface area contributed by atoms with Crippen LogP contribution in [0.3, 0.4) is 0 Å². The number of ether oxygens (including phenoxy) is 1. The maximum atomic E-state index is 11.0. The number of thiophene rings is 1. The maximum absolute atomic E-state index is 11.0. The fraction of sp³-hybridized carbons (Fsp3) is 0.200. The van der Waals surface area contributed by atoms with Crippen LogP contribution in [0, 0.1) is 24.0 Å². The molecule has 0 aliphatic carbocycles. The van der Waals surface area contributed by atoms with Gasteiger partial charge in [-0.2, -0.15) is 0 Å². The van der Waals surface area contributed by atoms with Crippen molar-refractivity contribution < 1.29 is 9.66 Å². The van der Waals surface area contributed by atoms with Gasteiger partial charge in [0.1, 0.15) is 22.2 Å². The van der Waals surface area contributed by atoms with Gasteiger partial charge in [0.2, 0.25) is 0 Å². The summed E-state index contributed by atoms with van der Waals surface area (Å²) >= 11 is 1.58. The second-order valence-electron chi connectivity index (χ2n) is 4.96. The zero-order chi connectivity index (χ0) is 16.6.